The van der Waals surface area contributed by atoms with Gasteiger partial charge in [0.1, 0.15) is 5.82 Å². The third kappa shape index (κ3) is 0.934. The molecule has 1 aromatic rings. The zero-order valence-electron chi connectivity index (χ0n) is 5.90. The largest absolute Gasteiger partial charge is 0.383 e. The van der Waals surface area contributed by atoms with E-state index in [0.29, 0.717) is 17.2 Å². The number of hydrogen-bond acceptors (Lipinski definition) is 6. The number of hydrogen-bond donors (Lipinski definition) is 2. The Morgan fingerprint density at radius 3 is 2.75 bits per heavy atom. The van der Waals surface area contributed by atoms with Crippen molar-refractivity contribution in [2.75, 3.05) is 11.5 Å². The van der Waals surface area contributed by atoms with Crippen LogP contribution in [0.5, 0.6) is 0 Å². The molecule has 1 unspecified atom stereocenters. The molecule has 1 aromatic heterocycles. The number of alkyl halides is 1. The van der Waals surface area contributed by atoms with Crippen molar-refractivity contribution in [1.29, 1.82) is 0 Å². The van der Waals surface area contributed by atoms with Gasteiger partial charge in [-0.05, 0) is 0 Å². The molecule has 0 aliphatic carbocycles. The van der Waals surface area contributed by atoms with Gasteiger partial charge in [0, 0.05) is 0 Å². The summed E-state index contributed by atoms with van der Waals surface area (Å²) < 4.78 is 0. The molecule has 0 saturated heterocycles. The Labute approximate surface area is 76.2 Å². The molecular formula is C5H5BrN6. The first kappa shape index (κ1) is 7.41. The van der Waals surface area contributed by atoms with Crippen molar-refractivity contribution in [3.8, 4) is 0 Å². The minimum Gasteiger partial charge on any atom is -0.383 e. The molecule has 1 atom stereocenters. The lowest BCUT2D eigenvalue weighted by Gasteiger charge is -2.02. The second-order valence-electron chi connectivity index (χ2n) is 2.26. The van der Waals surface area contributed by atoms with Gasteiger partial charge >= 0.3 is 0 Å². The smallest absolute Gasteiger partial charge is 0.224 e. The molecule has 0 bridgehead atoms. The Kier molecular flexibility index (Phi) is 1.47. The van der Waals surface area contributed by atoms with Gasteiger partial charge in [-0.25, -0.2) is 0 Å². The molecule has 1 aliphatic rings. The van der Waals surface area contributed by atoms with Crippen molar-refractivity contribution >= 4 is 33.5 Å². The summed E-state index contributed by atoms with van der Waals surface area (Å²) in [4.78, 5) is 7.41. The van der Waals surface area contributed by atoms with Gasteiger partial charge in [-0.15, -0.1) is 5.11 Å². The van der Waals surface area contributed by atoms with Gasteiger partial charge in [0.05, 0.1) is 5.56 Å². The minimum absolute atomic E-state index is 0.117. The van der Waals surface area contributed by atoms with Crippen LogP contribution in [0, 0.1) is 0 Å². The minimum atomic E-state index is -0.243. The predicted molar refractivity (Wildman–Crippen MR) is 47.0 cm³/mol. The highest BCUT2D eigenvalue weighted by molar-refractivity contribution is 9.09. The molecule has 2 heterocycles. The highest BCUT2D eigenvalue weighted by Gasteiger charge is 2.23. The van der Waals surface area contributed by atoms with Crippen molar-refractivity contribution in [3.63, 3.8) is 0 Å². The normalized spacial score (nSPS) is 19.6. The van der Waals surface area contributed by atoms with Crippen LogP contribution < -0.4 is 11.5 Å². The van der Waals surface area contributed by atoms with E-state index in [9.17, 15) is 0 Å². The van der Waals surface area contributed by atoms with E-state index in [1.54, 1.807) is 0 Å². The summed E-state index contributed by atoms with van der Waals surface area (Å²) in [5.41, 5.74) is 11.6. The van der Waals surface area contributed by atoms with E-state index in [1.807, 2.05) is 0 Å². The summed E-state index contributed by atoms with van der Waals surface area (Å²) in [6.07, 6.45) is 0. The summed E-state index contributed by atoms with van der Waals surface area (Å²) in [6, 6.07) is 0. The van der Waals surface area contributed by atoms with Gasteiger partial charge in [0.25, 0.3) is 0 Å². The molecule has 4 N–H and O–H groups in total. The number of nitrogens with two attached hydrogens (primary N) is 2. The predicted octanol–water partition coefficient (Wildman–Crippen LogP) is 1.13. The van der Waals surface area contributed by atoms with E-state index in [0.717, 1.165) is 0 Å². The molecular weight excluding hydrogens is 224 g/mol. The van der Waals surface area contributed by atoms with Crippen molar-refractivity contribution < 1.29 is 0 Å². The quantitative estimate of drug-likeness (QED) is 0.514. The number of azo groups is 1. The van der Waals surface area contributed by atoms with Crippen LogP contribution in [0.15, 0.2) is 10.2 Å². The highest BCUT2D eigenvalue weighted by Crippen LogP contribution is 2.40. The first-order valence-electron chi connectivity index (χ1n) is 3.16. The van der Waals surface area contributed by atoms with E-state index < -0.39 is 0 Å². The standard InChI is InChI=1S/C5H5BrN6/c6-2-1-3(7)9-5(8)10-4(1)12-11-2/h2H,(H4,7,8,9,10). The Morgan fingerprint density at radius 1 is 1.25 bits per heavy atom. The van der Waals surface area contributed by atoms with Crippen molar-refractivity contribution in [1.82, 2.24) is 9.97 Å². The van der Waals surface area contributed by atoms with Gasteiger partial charge in [-0.3, -0.25) is 0 Å². The maximum Gasteiger partial charge on any atom is 0.224 e. The summed E-state index contributed by atoms with van der Waals surface area (Å²) in [5.74, 6) is 0.887. The fourth-order valence-corrected chi connectivity index (χ4v) is 1.49. The Hall–Kier alpha value is -1.24. The molecule has 2 rings (SSSR count). The molecule has 1 aliphatic heterocycles. The first-order valence-corrected chi connectivity index (χ1v) is 4.08. The Morgan fingerprint density at radius 2 is 2.00 bits per heavy atom. The van der Waals surface area contributed by atoms with E-state index in [1.165, 1.54) is 0 Å². The summed E-state index contributed by atoms with van der Waals surface area (Å²) >= 11 is 3.25. The van der Waals surface area contributed by atoms with Crippen LogP contribution in [0.1, 0.15) is 10.5 Å². The van der Waals surface area contributed by atoms with E-state index in [-0.39, 0.29) is 10.9 Å². The maximum atomic E-state index is 5.58. The van der Waals surface area contributed by atoms with Crippen molar-refractivity contribution in [3.05, 3.63) is 5.56 Å². The summed E-state index contributed by atoms with van der Waals surface area (Å²) in [6.45, 7) is 0. The molecule has 12 heavy (non-hydrogen) atoms. The summed E-state index contributed by atoms with van der Waals surface area (Å²) in [5, 5.41) is 7.58. The average Bonchev–Trinajstić information content (AvgIpc) is 2.31. The van der Waals surface area contributed by atoms with E-state index >= 15 is 0 Å². The lowest BCUT2D eigenvalue weighted by molar-refractivity contribution is 1.02. The number of nitrogens with zero attached hydrogens (tertiary/aromatic N) is 4. The monoisotopic (exact) mass is 228 g/mol. The fraction of sp³-hybridized carbons (Fsp3) is 0.200. The molecule has 0 aromatic carbocycles. The first-order chi connectivity index (χ1) is 5.68. The maximum absolute atomic E-state index is 5.58. The molecule has 6 nitrogen and oxygen atoms in total. The zero-order valence-corrected chi connectivity index (χ0v) is 7.48. The van der Waals surface area contributed by atoms with Gasteiger partial charge in [0.15, 0.2) is 10.8 Å². The second kappa shape index (κ2) is 2.37. The topological polar surface area (TPSA) is 103 Å². The fourth-order valence-electron chi connectivity index (χ4n) is 0.960. The second-order valence-corrected chi connectivity index (χ2v) is 3.12. The lowest BCUT2D eigenvalue weighted by Crippen LogP contribution is -2.02. The third-order valence-corrected chi connectivity index (χ3v) is 2.11. The highest BCUT2D eigenvalue weighted by atomic mass is 79.9. The van der Waals surface area contributed by atoms with Crippen molar-refractivity contribution in [2.45, 2.75) is 4.95 Å². The number of fused-ring (bicyclic) bond motifs is 1. The number of rotatable bonds is 0. The van der Waals surface area contributed by atoms with Crippen LogP contribution in [-0.4, -0.2) is 9.97 Å². The number of nitrogen functional groups attached to an aromatic ring is 2. The molecule has 62 valence electrons. The van der Waals surface area contributed by atoms with Gasteiger partial charge in [-0.1, -0.05) is 15.9 Å². The molecule has 0 amide bonds. The van der Waals surface area contributed by atoms with Gasteiger partial charge in [-0.2, -0.15) is 15.1 Å². The van der Waals surface area contributed by atoms with Gasteiger partial charge in [0.2, 0.25) is 5.95 Å². The van der Waals surface area contributed by atoms with Crippen LogP contribution in [-0.2, 0) is 0 Å². The van der Waals surface area contributed by atoms with Crippen LogP contribution in [0.2, 0.25) is 0 Å². The van der Waals surface area contributed by atoms with E-state index in [4.69, 9.17) is 11.5 Å². The summed E-state index contributed by atoms with van der Waals surface area (Å²) in [7, 11) is 0. The van der Waals surface area contributed by atoms with Crippen LogP contribution in [0.3, 0.4) is 0 Å². The number of anilines is 2. The van der Waals surface area contributed by atoms with Crippen LogP contribution in [0.4, 0.5) is 17.6 Å². The third-order valence-electron chi connectivity index (χ3n) is 1.46. The molecule has 0 radical (unpaired) electrons. The van der Waals surface area contributed by atoms with Crippen LogP contribution in [0.25, 0.3) is 0 Å². The number of aromatic nitrogens is 2. The number of halogens is 1. The lowest BCUT2D eigenvalue weighted by atomic mass is 10.3. The SMILES string of the molecule is Nc1nc(N)c2c(n1)N=NC2Br. The van der Waals surface area contributed by atoms with Crippen LogP contribution >= 0.6 is 15.9 Å². The molecule has 0 fully saturated rings. The molecule has 0 saturated carbocycles. The average molecular weight is 229 g/mol. The zero-order chi connectivity index (χ0) is 8.72. The molecule has 0 spiro atoms. The molecule has 7 heteroatoms. The van der Waals surface area contributed by atoms with Crippen molar-refractivity contribution in [2.24, 2.45) is 10.2 Å². The Balaban J connectivity index is 2.66. The van der Waals surface area contributed by atoms with E-state index in [2.05, 4.69) is 36.1 Å². The van der Waals surface area contributed by atoms with Gasteiger partial charge < -0.3 is 11.5 Å². The Bertz CT molecular complexity index is 361.